The lowest BCUT2D eigenvalue weighted by molar-refractivity contribution is 0.134. The van der Waals surface area contributed by atoms with Crippen molar-refractivity contribution in [2.24, 2.45) is 5.73 Å². The number of nitrogens with two attached hydrogens (primary N) is 1. The van der Waals surface area contributed by atoms with Gasteiger partial charge in [-0.2, -0.15) is 0 Å². The zero-order valence-electron chi connectivity index (χ0n) is 17.2. The standard InChI is InChI=1S/C26H30N2O2/c27-24(18-21-10-4-1-5-11-21)16-17-25(19-22-12-6-2-7-13-22)28-26(29)30-20-23-14-8-3-9-15-23/h1-15,24-25H,16-20,27H2,(H,28,29)/t24-,25-/m0/s1. The molecule has 2 atom stereocenters. The van der Waals surface area contributed by atoms with Crippen molar-refractivity contribution in [2.75, 3.05) is 0 Å². The van der Waals surface area contributed by atoms with Crippen molar-refractivity contribution in [3.05, 3.63) is 108 Å². The molecule has 30 heavy (non-hydrogen) atoms. The summed E-state index contributed by atoms with van der Waals surface area (Å²) in [6.07, 6.45) is 2.81. The van der Waals surface area contributed by atoms with Gasteiger partial charge in [0.2, 0.25) is 0 Å². The largest absolute Gasteiger partial charge is 0.445 e. The maximum atomic E-state index is 12.4. The molecule has 0 heterocycles. The molecule has 0 aliphatic carbocycles. The Balaban J connectivity index is 1.53. The Morgan fingerprint density at radius 2 is 1.23 bits per heavy atom. The van der Waals surface area contributed by atoms with Crippen molar-refractivity contribution in [2.45, 2.75) is 44.4 Å². The van der Waals surface area contributed by atoms with Gasteiger partial charge in [0, 0.05) is 12.1 Å². The lowest BCUT2D eigenvalue weighted by Gasteiger charge is -2.21. The van der Waals surface area contributed by atoms with Crippen LogP contribution in [0.1, 0.15) is 29.5 Å². The fourth-order valence-electron chi connectivity index (χ4n) is 3.49. The molecule has 0 bridgehead atoms. The first kappa shape index (κ1) is 21.6. The van der Waals surface area contributed by atoms with Crippen LogP contribution in [0.15, 0.2) is 91.0 Å². The first-order valence-corrected chi connectivity index (χ1v) is 10.5. The second-order valence-corrected chi connectivity index (χ2v) is 7.62. The van der Waals surface area contributed by atoms with E-state index in [0.717, 1.165) is 31.2 Å². The third kappa shape index (κ3) is 7.72. The number of amides is 1. The number of benzene rings is 3. The molecule has 0 unspecified atom stereocenters. The molecule has 0 saturated carbocycles. The second kappa shape index (κ2) is 11.8. The van der Waals surface area contributed by atoms with Gasteiger partial charge in [0.1, 0.15) is 6.61 Å². The third-order valence-corrected chi connectivity index (χ3v) is 5.09. The molecule has 0 aliphatic heterocycles. The van der Waals surface area contributed by atoms with E-state index in [-0.39, 0.29) is 18.7 Å². The van der Waals surface area contributed by atoms with Gasteiger partial charge in [-0.3, -0.25) is 0 Å². The summed E-state index contributed by atoms with van der Waals surface area (Å²) in [5, 5.41) is 3.04. The van der Waals surface area contributed by atoms with E-state index in [1.54, 1.807) is 0 Å². The summed E-state index contributed by atoms with van der Waals surface area (Å²) in [6.45, 7) is 0.262. The summed E-state index contributed by atoms with van der Waals surface area (Å²) in [7, 11) is 0. The smallest absolute Gasteiger partial charge is 0.407 e. The van der Waals surface area contributed by atoms with Crippen molar-refractivity contribution >= 4 is 6.09 Å². The van der Waals surface area contributed by atoms with Gasteiger partial charge in [0.15, 0.2) is 0 Å². The van der Waals surface area contributed by atoms with Crippen LogP contribution in [0.25, 0.3) is 0 Å². The minimum Gasteiger partial charge on any atom is -0.445 e. The highest BCUT2D eigenvalue weighted by atomic mass is 16.5. The summed E-state index contributed by atoms with van der Waals surface area (Å²) >= 11 is 0. The monoisotopic (exact) mass is 402 g/mol. The fraction of sp³-hybridized carbons (Fsp3) is 0.269. The summed E-state index contributed by atoms with van der Waals surface area (Å²) < 4.78 is 5.42. The zero-order chi connectivity index (χ0) is 21.0. The minimum absolute atomic E-state index is 0.0301. The van der Waals surface area contributed by atoms with Gasteiger partial charge in [-0.05, 0) is 42.4 Å². The molecular weight excluding hydrogens is 372 g/mol. The average molecular weight is 403 g/mol. The Kier molecular flexibility index (Phi) is 8.48. The highest BCUT2D eigenvalue weighted by Crippen LogP contribution is 2.12. The number of hydrogen-bond donors (Lipinski definition) is 2. The van der Waals surface area contributed by atoms with Crippen molar-refractivity contribution in [1.82, 2.24) is 5.32 Å². The van der Waals surface area contributed by atoms with E-state index < -0.39 is 6.09 Å². The van der Waals surface area contributed by atoms with Crippen LogP contribution in [0.4, 0.5) is 4.79 Å². The Labute approximate surface area is 179 Å². The van der Waals surface area contributed by atoms with Gasteiger partial charge >= 0.3 is 6.09 Å². The number of rotatable bonds is 10. The van der Waals surface area contributed by atoms with Gasteiger partial charge in [-0.15, -0.1) is 0 Å². The molecule has 0 radical (unpaired) electrons. The van der Waals surface area contributed by atoms with Crippen LogP contribution in [0.2, 0.25) is 0 Å². The fourth-order valence-corrected chi connectivity index (χ4v) is 3.49. The number of carbonyl (C=O) groups excluding carboxylic acids is 1. The predicted molar refractivity (Wildman–Crippen MR) is 121 cm³/mol. The summed E-state index contributed by atoms with van der Waals surface area (Å²) in [5.41, 5.74) is 9.76. The number of nitrogens with one attached hydrogen (secondary N) is 1. The quantitative estimate of drug-likeness (QED) is 0.508. The van der Waals surface area contributed by atoms with Crippen LogP contribution in [-0.4, -0.2) is 18.2 Å². The molecule has 156 valence electrons. The maximum Gasteiger partial charge on any atom is 0.407 e. The number of carbonyl (C=O) groups is 1. The maximum absolute atomic E-state index is 12.4. The van der Waals surface area contributed by atoms with Gasteiger partial charge in [-0.1, -0.05) is 91.0 Å². The number of alkyl carbamates (subject to hydrolysis) is 1. The zero-order valence-corrected chi connectivity index (χ0v) is 17.2. The van der Waals surface area contributed by atoms with E-state index in [9.17, 15) is 4.79 Å². The van der Waals surface area contributed by atoms with Crippen molar-refractivity contribution in [3.63, 3.8) is 0 Å². The molecule has 0 aromatic heterocycles. The molecule has 0 spiro atoms. The minimum atomic E-state index is -0.392. The van der Waals surface area contributed by atoms with Gasteiger partial charge < -0.3 is 15.8 Å². The number of ether oxygens (including phenoxy) is 1. The summed E-state index contributed by atoms with van der Waals surface area (Å²) in [6, 6.07) is 30.2. The lowest BCUT2D eigenvalue weighted by atomic mass is 9.96. The topological polar surface area (TPSA) is 64.3 Å². The average Bonchev–Trinajstić information content (AvgIpc) is 2.78. The Morgan fingerprint density at radius 1 is 0.733 bits per heavy atom. The van der Waals surface area contributed by atoms with Crippen LogP contribution in [0.5, 0.6) is 0 Å². The molecule has 3 rings (SSSR count). The molecule has 0 aliphatic rings. The summed E-state index contributed by atoms with van der Waals surface area (Å²) in [5.74, 6) is 0. The molecule has 3 aromatic carbocycles. The second-order valence-electron chi connectivity index (χ2n) is 7.62. The molecule has 4 heteroatoms. The van der Waals surface area contributed by atoms with E-state index in [1.165, 1.54) is 11.1 Å². The summed E-state index contributed by atoms with van der Waals surface area (Å²) in [4.78, 5) is 12.4. The van der Waals surface area contributed by atoms with E-state index >= 15 is 0 Å². The Bertz CT molecular complexity index is 869. The van der Waals surface area contributed by atoms with Crippen LogP contribution in [0.3, 0.4) is 0 Å². The number of hydrogen-bond acceptors (Lipinski definition) is 3. The molecule has 0 saturated heterocycles. The highest BCUT2D eigenvalue weighted by Gasteiger charge is 2.16. The van der Waals surface area contributed by atoms with Crippen molar-refractivity contribution < 1.29 is 9.53 Å². The van der Waals surface area contributed by atoms with Gasteiger partial charge in [0.05, 0.1) is 0 Å². The lowest BCUT2D eigenvalue weighted by Crippen LogP contribution is -2.38. The molecule has 3 N–H and O–H groups in total. The van der Waals surface area contributed by atoms with E-state index in [1.807, 2.05) is 66.7 Å². The van der Waals surface area contributed by atoms with Crippen molar-refractivity contribution in [1.29, 1.82) is 0 Å². The van der Waals surface area contributed by atoms with Crippen molar-refractivity contribution in [3.8, 4) is 0 Å². The molecule has 3 aromatic rings. The molecule has 0 fully saturated rings. The Morgan fingerprint density at radius 3 is 1.80 bits per heavy atom. The van der Waals surface area contributed by atoms with Crippen LogP contribution >= 0.6 is 0 Å². The van der Waals surface area contributed by atoms with Crippen LogP contribution < -0.4 is 11.1 Å². The van der Waals surface area contributed by atoms with Gasteiger partial charge in [-0.25, -0.2) is 4.79 Å². The van der Waals surface area contributed by atoms with E-state index in [0.29, 0.717) is 0 Å². The van der Waals surface area contributed by atoms with Gasteiger partial charge in [0.25, 0.3) is 0 Å². The molecular formula is C26H30N2O2. The highest BCUT2D eigenvalue weighted by molar-refractivity contribution is 5.67. The van der Waals surface area contributed by atoms with E-state index in [4.69, 9.17) is 10.5 Å². The normalized spacial score (nSPS) is 12.7. The predicted octanol–water partition coefficient (Wildman–Crippen LogP) is 4.87. The Hall–Kier alpha value is -3.11. The van der Waals surface area contributed by atoms with Crippen LogP contribution in [-0.2, 0) is 24.2 Å². The first-order valence-electron chi connectivity index (χ1n) is 10.5. The van der Waals surface area contributed by atoms with Crippen LogP contribution in [0, 0.1) is 0 Å². The first-order chi connectivity index (χ1) is 14.7. The molecule has 1 amide bonds. The third-order valence-electron chi connectivity index (χ3n) is 5.09. The molecule has 4 nitrogen and oxygen atoms in total. The van der Waals surface area contributed by atoms with E-state index in [2.05, 4.69) is 29.6 Å². The SMILES string of the molecule is N[C@@H](CC[C@@H](Cc1ccccc1)NC(=O)OCc1ccccc1)Cc1ccccc1.